The van der Waals surface area contributed by atoms with Gasteiger partial charge >= 0.3 is 0 Å². The number of nitrogens with zero attached hydrogens (tertiary/aromatic N) is 1. The van der Waals surface area contributed by atoms with E-state index in [-0.39, 0.29) is 11.9 Å². The predicted molar refractivity (Wildman–Crippen MR) is 78.1 cm³/mol. The number of anilines is 2. The highest BCUT2D eigenvalue weighted by atomic mass is 19.1. The zero-order chi connectivity index (χ0) is 14.1. The average molecular weight is 271 g/mol. The molecule has 0 amide bonds. The molecule has 0 aromatic heterocycles. The molecule has 4 nitrogen and oxygen atoms in total. The lowest BCUT2D eigenvalue weighted by Gasteiger charge is -2.24. The van der Waals surface area contributed by atoms with Gasteiger partial charge in [-0.3, -0.25) is 0 Å². The monoisotopic (exact) mass is 271 g/mol. The van der Waals surface area contributed by atoms with Gasteiger partial charge in [0.05, 0.1) is 0 Å². The minimum atomic E-state index is -0.298. The Bertz CT molecular complexity index is 685. The second kappa shape index (κ2) is 4.85. The van der Waals surface area contributed by atoms with E-state index in [4.69, 9.17) is 10.5 Å². The van der Waals surface area contributed by atoms with Gasteiger partial charge in [0.1, 0.15) is 23.1 Å². The van der Waals surface area contributed by atoms with Crippen LogP contribution in [0.5, 0.6) is 5.75 Å². The molecule has 3 N–H and O–H groups in total. The van der Waals surface area contributed by atoms with E-state index in [1.54, 1.807) is 30.3 Å². The fourth-order valence-corrected chi connectivity index (χ4v) is 2.03. The summed E-state index contributed by atoms with van der Waals surface area (Å²) in [4.78, 5) is 4.49. The number of fused-ring (bicyclic) bond motifs is 1. The maximum Gasteiger partial charge on any atom is 0.153 e. The molecule has 0 fully saturated rings. The Labute approximate surface area is 116 Å². The average Bonchev–Trinajstić information content (AvgIpc) is 2.40. The first-order chi connectivity index (χ1) is 9.61. The highest BCUT2D eigenvalue weighted by molar-refractivity contribution is 6.01. The van der Waals surface area contributed by atoms with Crippen LogP contribution in [0.4, 0.5) is 21.5 Å². The molecule has 0 spiro atoms. The van der Waals surface area contributed by atoms with E-state index in [9.17, 15) is 4.39 Å². The second-order valence-corrected chi connectivity index (χ2v) is 4.62. The molecule has 1 aliphatic rings. The van der Waals surface area contributed by atoms with Crippen molar-refractivity contribution in [3.63, 3.8) is 0 Å². The van der Waals surface area contributed by atoms with E-state index >= 15 is 0 Å². The number of nitrogen functional groups attached to an aromatic ring is 1. The van der Waals surface area contributed by atoms with Crippen LogP contribution < -0.4 is 15.8 Å². The minimum Gasteiger partial charge on any atom is -0.480 e. The number of ether oxygens (including phenoxy) is 1. The molecule has 1 atom stereocenters. The van der Waals surface area contributed by atoms with Crippen LogP contribution in [0, 0.1) is 5.82 Å². The Morgan fingerprint density at radius 1 is 1.25 bits per heavy atom. The number of halogens is 1. The van der Waals surface area contributed by atoms with Crippen molar-refractivity contribution in [1.29, 1.82) is 0 Å². The van der Waals surface area contributed by atoms with Crippen molar-refractivity contribution in [3.8, 4) is 5.75 Å². The summed E-state index contributed by atoms with van der Waals surface area (Å²) in [6.45, 7) is 1.87. The molecule has 20 heavy (non-hydrogen) atoms. The quantitative estimate of drug-likeness (QED) is 0.782. The van der Waals surface area contributed by atoms with Gasteiger partial charge in [0, 0.05) is 17.4 Å². The maximum absolute atomic E-state index is 13.2. The fraction of sp³-hybridized carbons (Fsp3) is 0.133. The number of amidine groups is 1. The molecular weight excluding hydrogens is 257 g/mol. The number of hydrogen-bond donors (Lipinski definition) is 2. The molecule has 0 aliphatic carbocycles. The van der Waals surface area contributed by atoms with Crippen molar-refractivity contribution in [2.75, 3.05) is 11.1 Å². The topological polar surface area (TPSA) is 59.6 Å². The fourth-order valence-electron chi connectivity index (χ4n) is 2.03. The molecule has 1 unspecified atom stereocenters. The molecule has 0 saturated carbocycles. The number of nitrogens with one attached hydrogen (secondary N) is 1. The lowest BCUT2D eigenvalue weighted by atomic mass is 10.2. The van der Waals surface area contributed by atoms with Crippen LogP contribution in [0.1, 0.15) is 6.92 Å². The third kappa shape index (κ3) is 2.42. The standard InChI is InChI=1S/C15H14FN3O/c1-9-15(18-12-4-2-3-10(16)7-12)19-13-6-5-11(17)8-14(13)20-9/h2-9H,17H2,1H3,(H,18,19). The van der Waals surface area contributed by atoms with E-state index in [2.05, 4.69) is 10.3 Å². The molecule has 1 aliphatic heterocycles. The Morgan fingerprint density at radius 2 is 2.10 bits per heavy atom. The summed E-state index contributed by atoms with van der Waals surface area (Å²) >= 11 is 0. The van der Waals surface area contributed by atoms with Crippen LogP contribution >= 0.6 is 0 Å². The summed E-state index contributed by atoms with van der Waals surface area (Å²) in [7, 11) is 0. The first kappa shape index (κ1) is 12.5. The Kier molecular flexibility index (Phi) is 3.02. The zero-order valence-corrected chi connectivity index (χ0v) is 10.9. The van der Waals surface area contributed by atoms with Crippen LogP contribution in [-0.4, -0.2) is 11.9 Å². The summed E-state index contributed by atoms with van der Waals surface area (Å²) in [6.07, 6.45) is -0.257. The van der Waals surface area contributed by atoms with Gasteiger partial charge in [0.15, 0.2) is 6.10 Å². The first-order valence-electron chi connectivity index (χ1n) is 6.29. The second-order valence-electron chi connectivity index (χ2n) is 4.62. The van der Waals surface area contributed by atoms with E-state index in [0.29, 0.717) is 28.6 Å². The van der Waals surface area contributed by atoms with Crippen LogP contribution in [0.3, 0.4) is 0 Å². The molecule has 3 rings (SSSR count). The van der Waals surface area contributed by atoms with Gasteiger partial charge in [0.25, 0.3) is 0 Å². The third-order valence-corrected chi connectivity index (χ3v) is 3.01. The molecule has 102 valence electrons. The van der Waals surface area contributed by atoms with Crippen molar-refractivity contribution < 1.29 is 9.13 Å². The van der Waals surface area contributed by atoms with Crippen molar-refractivity contribution in [3.05, 3.63) is 48.3 Å². The van der Waals surface area contributed by atoms with Crippen molar-refractivity contribution in [1.82, 2.24) is 0 Å². The highest BCUT2D eigenvalue weighted by Crippen LogP contribution is 2.34. The van der Waals surface area contributed by atoms with Crippen LogP contribution in [0.2, 0.25) is 0 Å². The normalized spacial score (nSPS) is 16.9. The summed E-state index contributed by atoms with van der Waals surface area (Å²) in [5.74, 6) is 0.989. The van der Waals surface area contributed by atoms with E-state index in [0.717, 1.165) is 0 Å². The number of aliphatic imine (C=N–C) groups is 1. The molecule has 0 radical (unpaired) electrons. The van der Waals surface area contributed by atoms with E-state index < -0.39 is 0 Å². The van der Waals surface area contributed by atoms with Crippen molar-refractivity contribution in [2.45, 2.75) is 13.0 Å². The molecule has 2 aromatic rings. The van der Waals surface area contributed by atoms with E-state index in [1.807, 2.05) is 6.92 Å². The van der Waals surface area contributed by atoms with E-state index in [1.165, 1.54) is 12.1 Å². The number of nitrogens with two attached hydrogens (primary N) is 1. The number of benzene rings is 2. The van der Waals surface area contributed by atoms with Gasteiger partial charge in [-0.1, -0.05) is 6.07 Å². The van der Waals surface area contributed by atoms with Crippen LogP contribution in [0.15, 0.2) is 47.5 Å². The highest BCUT2D eigenvalue weighted by Gasteiger charge is 2.20. The maximum atomic E-state index is 13.2. The summed E-state index contributed by atoms with van der Waals surface area (Å²) < 4.78 is 18.9. The number of rotatable bonds is 1. The number of hydrogen-bond acceptors (Lipinski definition) is 4. The summed E-state index contributed by atoms with van der Waals surface area (Å²) in [5.41, 5.74) is 7.69. The van der Waals surface area contributed by atoms with Crippen LogP contribution in [0.25, 0.3) is 0 Å². The molecule has 2 aromatic carbocycles. The SMILES string of the molecule is CC1Oc2cc(N)ccc2N=C1Nc1cccc(F)c1. The zero-order valence-electron chi connectivity index (χ0n) is 10.9. The van der Waals surface area contributed by atoms with Crippen LogP contribution in [-0.2, 0) is 0 Å². The lowest BCUT2D eigenvalue weighted by molar-refractivity contribution is 0.283. The van der Waals surface area contributed by atoms with Gasteiger partial charge in [0.2, 0.25) is 0 Å². The molecule has 1 heterocycles. The smallest absolute Gasteiger partial charge is 0.153 e. The van der Waals surface area contributed by atoms with Gasteiger partial charge < -0.3 is 15.8 Å². The Hall–Kier alpha value is -2.56. The summed E-state index contributed by atoms with van der Waals surface area (Å²) in [6, 6.07) is 11.5. The minimum absolute atomic E-state index is 0.257. The molecule has 5 heteroatoms. The van der Waals surface area contributed by atoms with Gasteiger partial charge in [-0.2, -0.15) is 0 Å². The molecular formula is C15H14FN3O. The van der Waals surface area contributed by atoms with Gasteiger partial charge in [-0.15, -0.1) is 0 Å². The summed E-state index contributed by atoms with van der Waals surface area (Å²) in [5, 5.41) is 3.08. The van der Waals surface area contributed by atoms with Gasteiger partial charge in [-0.25, -0.2) is 9.38 Å². The molecule has 0 saturated heterocycles. The first-order valence-corrected chi connectivity index (χ1v) is 6.29. The van der Waals surface area contributed by atoms with Crippen molar-refractivity contribution in [2.24, 2.45) is 4.99 Å². The molecule has 0 bridgehead atoms. The largest absolute Gasteiger partial charge is 0.480 e. The lowest BCUT2D eigenvalue weighted by Crippen LogP contribution is -2.32. The third-order valence-electron chi connectivity index (χ3n) is 3.01. The van der Waals surface area contributed by atoms with Crippen molar-refractivity contribution >= 4 is 22.9 Å². The predicted octanol–water partition coefficient (Wildman–Crippen LogP) is 3.33. The Morgan fingerprint density at radius 3 is 2.90 bits per heavy atom. The Balaban J connectivity index is 1.91. The van der Waals surface area contributed by atoms with Gasteiger partial charge in [-0.05, 0) is 37.3 Å².